The number of anilines is 1. The number of aldehydes is 1. The fourth-order valence-corrected chi connectivity index (χ4v) is 4.65. The number of fused-ring (bicyclic) bond motifs is 1. The molecule has 3 aromatic heterocycles. The van der Waals surface area contributed by atoms with Crippen LogP contribution in [-0.4, -0.2) is 36.8 Å². The first-order valence-electron chi connectivity index (χ1n) is 12.9. The van der Waals surface area contributed by atoms with Crippen LogP contribution in [0.3, 0.4) is 0 Å². The van der Waals surface area contributed by atoms with Crippen LogP contribution in [-0.2, 0) is 6.54 Å². The van der Waals surface area contributed by atoms with Crippen molar-refractivity contribution in [3.8, 4) is 34.1 Å². The van der Waals surface area contributed by atoms with Crippen molar-refractivity contribution in [3.05, 3.63) is 120 Å². The predicted octanol–water partition coefficient (Wildman–Crippen LogP) is 5.32. The summed E-state index contributed by atoms with van der Waals surface area (Å²) in [5, 5.41) is 12.3. The maximum Gasteiger partial charge on any atom is 0.251 e. The lowest BCUT2D eigenvalue weighted by molar-refractivity contribution is 0.0950. The standard InChI is InChI=1S/C32H23FN6O3/c33-25-16-21(15-22(18-40)28(25)41)32(42)36-17-19-8-10-23(11-9-19)39-30(24-7-4-14-35-29(24)34)38-27-13-12-26(37-31(27)39)20-5-2-1-3-6-20/h1-16,18,41H,17H2,(H2,34,35)(H,36,42). The number of nitrogen functional groups attached to an aromatic ring is 1. The minimum atomic E-state index is -1.05. The van der Waals surface area contributed by atoms with E-state index in [0.29, 0.717) is 34.7 Å². The molecule has 3 aromatic carbocycles. The van der Waals surface area contributed by atoms with Crippen molar-refractivity contribution in [2.24, 2.45) is 0 Å². The summed E-state index contributed by atoms with van der Waals surface area (Å²) in [6, 6.07) is 26.8. The number of nitrogens with one attached hydrogen (secondary N) is 1. The van der Waals surface area contributed by atoms with Crippen LogP contribution in [0.1, 0.15) is 26.3 Å². The van der Waals surface area contributed by atoms with Crippen LogP contribution >= 0.6 is 0 Å². The number of nitrogens with zero attached hydrogens (tertiary/aromatic N) is 4. The summed E-state index contributed by atoms with van der Waals surface area (Å²) in [5.41, 5.74) is 11.1. The third-order valence-electron chi connectivity index (χ3n) is 6.78. The number of hydrogen-bond acceptors (Lipinski definition) is 7. The number of aromatic nitrogens is 4. The Morgan fingerprint density at radius 1 is 0.976 bits per heavy atom. The third kappa shape index (κ3) is 4.92. The van der Waals surface area contributed by atoms with Crippen molar-refractivity contribution in [1.29, 1.82) is 0 Å². The monoisotopic (exact) mass is 558 g/mol. The smallest absolute Gasteiger partial charge is 0.251 e. The van der Waals surface area contributed by atoms with Gasteiger partial charge in [-0.25, -0.2) is 19.3 Å². The van der Waals surface area contributed by atoms with Gasteiger partial charge in [-0.1, -0.05) is 42.5 Å². The molecular weight excluding hydrogens is 535 g/mol. The fraction of sp³-hybridized carbons (Fsp3) is 0.0312. The van der Waals surface area contributed by atoms with Gasteiger partial charge in [0.2, 0.25) is 0 Å². The number of amides is 1. The van der Waals surface area contributed by atoms with Gasteiger partial charge in [-0.2, -0.15) is 0 Å². The molecule has 6 aromatic rings. The molecule has 6 rings (SSSR count). The van der Waals surface area contributed by atoms with Crippen molar-refractivity contribution in [2.75, 3.05) is 5.73 Å². The van der Waals surface area contributed by atoms with Gasteiger partial charge in [0.25, 0.3) is 5.91 Å². The fourth-order valence-electron chi connectivity index (χ4n) is 4.65. The van der Waals surface area contributed by atoms with Crippen LogP contribution in [0.25, 0.3) is 39.5 Å². The molecule has 0 atom stereocenters. The van der Waals surface area contributed by atoms with E-state index in [1.165, 1.54) is 0 Å². The Labute approximate surface area is 239 Å². The quantitative estimate of drug-likeness (QED) is 0.226. The number of phenolic OH excluding ortho intramolecular Hbond substituents is 1. The van der Waals surface area contributed by atoms with Crippen LogP contribution in [0, 0.1) is 5.82 Å². The molecule has 0 saturated heterocycles. The van der Waals surface area contributed by atoms with Gasteiger partial charge in [-0.15, -0.1) is 0 Å². The molecule has 0 bridgehead atoms. The first-order valence-corrected chi connectivity index (χ1v) is 12.9. The van der Waals surface area contributed by atoms with Crippen LogP contribution in [0.2, 0.25) is 0 Å². The van der Waals surface area contributed by atoms with Gasteiger partial charge in [0.1, 0.15) is 11.3 Å². The van der Waals surface area contributed by atoms with E-state index in [1.807, 2.05) is 77.4 Å². The number of carbonyl (C=O) groups excluding carboxylic acids is 2. The Morgan fingerprint density at radius 3 is 2.50 bits per heavy atom. The molecule has 0 aliphatic carbocycles. The summed E-state index contributed by atoms with van der Waals surface area (Å²) in [4.78, 5) is 37.7. The molecule has 1 amide bonds. The van der Waals surface area contributed by atoms with Crippen LogP contribution in [0.15, 0.2) is 97.2 Å². The van der Waals surface area contributed by atoms with E-state index in [1.54, 1.807) is 12.3 Å². The molecule has 0 fully saturated rings. The average Bonchev–Trinajstić information content (AvgIpc) is 3.40. The highest BCUT2D eigenvalue weighted by Gasteiger charge is 2.19. The number of phenols is 1. The predicted molar refractivity (Wildman–Crippen MR) is 157 cm³/mol. The van der Waals surface area contributed by atoms with E-state index in [-0.39, 0.29) is 17.7 Å². The molecule has 4 N–H and O–H groups in total. The molecule has 0 unspecified atom stereocenters. The molecule has 0 radical (unpaired) electrons. The number of carbonyl (C=O) groups is 2. The van der Waals surface area contributed by atoms with Crippen molar-refractivity contribution in [1.82, 2.24) is 24.8 Å². The topological polar surface area (TPSA) is 136 Å². The molecule has 0 aliphatic rings. The molecule has 206 valence electrons. The Balaban J connectivity index is 1.34. The van der Waals surface area contributed by atoms with Crippen molar-refractivity contribution in [3.63, 3.8) is 0 Å². The van der Waals surface area contributed by atoms with Crippen LogP contribution in [0.5, 0.6) is 5.75 Å². The lowest BCUT2D eigenvalue weighted by Crippen LogP contribution is -2.23. The van der Waals surface area contributed by atoms with Gasteiger partial charge in [-0.05, 0) is 54.1 Å². The van der Waals surface area contributed by atoms with E-state index >= 15 is 0 Å². The highest BCUT2D eigenvalue weighted by atomic mass is 19.1. The SMILES string of the molecule is Nc1ncccc1-c1nc2ccc(-c3ccccc3)nc2n1-c1ccc(CNC(=O)c2cc(F)c(O)c(C=O)c2)cc1. The summed E-state index contributed by atoms with van der Waals surface area (Å²) in [5.74, 6) is -1.51. The maximum absolute atomic E-state index is 13.9. The highest BCUT2D eigenvalue weighted by Crippen LogP contribution is 2.32. The number of aromatic hydroxyl groups is 1. The highest BCUT2D eigenvalue weighted by molar-refractivity contribution is 5.96. The summed E-state index contributed by atoms with van der Waals surface area (Å²) in [7, 11) is 0. The normalized spacial score (nSPS) is 11.0. The summed E-state index contributed by atoms with van der Waals surface area (Å²) >= 11 is 0. The molecule has 10 heteroatoms. The molecule has 42 heavy (non-hydrogen) atoms. The van der Waals surface area contributed by atoms with Crippen molar-refractivity contribution in [2.45, 2.75) is 6.54 Å². The second kappa shape index (κ2) is 10.9. The summed E-state index contributed by atoms with van der Waals surface area (Å²) in [6.45, 7) is 0.140. The Morgan fingerprint density at radius 2 is 1.76 bits per heavy atom. The van der Waals surface area contributed by atoms with E-state index in [9.17, 15) is 19.1 Å². The molecule has 0 spiro atoms. The molecule has 9 nitrogen and oxygen atoms in total. The van der Waals surface area contributed by atoms with Gasteiger partial charge < -0.3 is 16.2 Å². The lowest BCUT2D eigenvalue weighted by Gasteiger charge is -2.12. The average molecular weight is 559 g/mol. The second-order valence-electron chi connectivity index (χ2n) is 9.48. The number of halogens is 1. The minimum Gasteiger partial charge on any atom is -0.504 e. The van der Waals surface area contributed by atoms with Crippen LogP contribution < -0.4 is 11.1 Å². The maximum atomic E-state index is 13.9. The van der Waals surface area contributed by atoms with Gasteiger partial charge in [0.15, 0.2) is 29.3 Å². The molecule has 3 heterocycles. The second-order valence-corrected chi connectivity index (χ2v) is 9.48. The number of imidazole rings is 1. The van der Waals surface area contributed by atoms with Gasteiger partial charge in [0, 0.05) is 29.6 Å². The summed E-state index contributed by atoms with van der Waals surface area (Å²) in [6.07, 6.45) is 1.91. The molecular formula is C32H23FN6O3. The number of pyridine rings is 2. The zero-order valence-corrected chi connectivity index (χ0v) is 22.0. The zero-order valence-electron chi connectivity index (χ0n) is 22.0. The number of rotatable bonds is 7. The number of nitrogens with two attached hydrogens (primary N) is 1. The van der Waals surface area contributed by atoms with Gasteiger partial charge >= 0.3 is 0 Å². The number of benzene rings is 3. The van der Waals surface area contributed by atoms with E-state index < -0.39 is 17.5 Å². The minimum absolute atomic E-state index is 0.0760. The van der Waals surface area contributed by atoms with Gasteiger partial charge in [-0.3, -0.25) is 14.2 Å². The molecule has 0 saturated carbocycles. The largest absolute Gasteiger partial charge is 0.504 e. The van der Waals surface area contributed by atoms with E-state index in [4.69, 9.17) is 15.7 Å². The van der Waals surface area contributed by atoms with Crippen LogP contribution in [0.4, 0.5) is 10.2 Å². The third-order valence-corrected chi connectivity index (χ3v) is 6.78. The van der Waals surface area contributed by atoms with E-state index in [2.05, 4.69) is 10.3 Å². The Kier molecular flexibility index (Phi) is 6.85. The van der Waals surface area contributed by atoms with Crippen molar-refractivity contribution >= 4 is 29.2 Å². The van der Waals surface area contributed by atoms with Gasteiger partial charge in [0.05, 0.1) is 16.8 Å². The first kappa shape index (κ1) is 26.3. The zero-order chi connectivity index (χ0) is 29.2. The number of hydrogen-bond donors (Lipinski definition) is 3. The van der Waals surface area contributed by atoms with Crippen molar-refractivity contribution < 1.29 is 19.1 Å². The summed E-state index contributed by atoms with van der Waals surface area (Å²) < 4.78 is 15.8. The Hall–Kier alpha value is -5.90. The lowest BCUT2D eigenvalue weighted by atomic mass is 10.1. The Bertz CT molecular complexity index is 1960. The van der Waals surface area contributed by atoms with E-state index in [0.717, 1.165) is 34.6 Å². The first-order chi connectivity index (χ1) is 20.4. The molecule has 0 aliphatic heterocycles.